The van der Waals surface area contributed by atoms with Gasteiger partial charge in [-0.3, -0.25) is 5.10 Å². The summed E-state index contributed by atoms with van der Waals surface area (Å²) in [7, 11) is 0. The van der Waals surface area contributed by atoms with E-state index in [2.05, 4.69) is 28.6 Å². The Morgan fingerprint density at radius 1 is 1.44 bits per heavy atom. The molecule has 1 aliphatic carbocycles. The minimum absolute atomic E-state index is 0.605. The Morgan fingerprint density at radius 3 is 2.75 bits per heavy atom. The van der Waals surface area contributed by atoms with Gasteiger partial charge in [-0.1, -0.05) is 26.7 Å². The molecule has 3 nitrogen and oxygen atoms in total. The van der Waals surface area contributed by atoms with Crippen LogP contribution in [-0.2, 0) is 6.42 Å². The van der Waals surface area contributed by atoms with Crippen molar-refractivity contribution in [3.8, 4) is 0 Å². The minimum Gasteiger partial charge on any atom is -0.301 e. The smallest absolute Gasteiger partial charge is 0.195 e. The summed E-state index contributed by atoms with van der Waals surface area (Å²) in [6.45, 7) is 4.50. The largest absolute Gasteiger partial charge is 0.301 e. The molecule has 1 N–H and O–H groups in total. The quantitative estimate of drug-likeness (QED) is 0.814. The molecule has 16 heavy (non-hydrogen) atoms. The molecule has 1 aromatic rings. The van der Waals surface area contributed by atoms with Gasteiger partial charge in [0.2, 0.25) is 0 Å². The van der Waals surface area contributed by atoms with Crippen molar-refractivity contribution in [1.29, 1.82) is 0 Å². The van der Waals surface area contributed by atoms with Gasteiger partial charge in [-0.25, -0.2) is 0 Å². The molecule has 0 spiro atoms. The lowest BCUT2D eigenvalue weighted by atomic mass is 10.1. The summed E-state index contributed by atoms with van der Waals surface area (Å²) in [6.07, 6.45) is 7.43. The van der Waals surface area contributed by atoms with E-state index in [-0.39, 0.29) is 0 Å². The number of hydrogen-bond acceptors (Lipinski definition) is 2. The van der Waals surface area contributed by atoms with Crippen molar-refractivity contribution < 1.29 is 0 Å². The van der Waals surface area contributed by atoms with Gasteiger partial charge in [0.1, 0.15) is 5.82 Å². The van der Waals surface area contributed by atoms with Crippen LogP contribution < -0.4 is 0 Å². The lowest BCUT2D eigenvalue weighted by Gasteiger charge is -2.14. The maximum atomic E-state index is 5.33. The third kappa shape index (κ3) is 2.54. The molecular weight excluding hydrogens is 218 g/mol. The van der Waals surface area contributed by atoms with Crippen LogP contribution in [0.15, 0.2) is 0 Å². The van der Waals surface area contributed by atoms with Crippen LogP contribution in [0.1, 0.15) is 57.8 Å². The summed E-state index contributed by atoms with van der Waals surface area (Å²) in [6, 6.07) is 0.605. The molecule has 1 aliphatic rings. The summed E-state index contributed by atoms with van der Waals surface area (Å²) in [5, 5.41) is 7.33. The Bertz CT molecular complexity index is 385. The van der Waals surface area contributed by atoms with E-state index < -0.39 is 0 Å². The third-order valence-corrected chi connectivity index (χ3v) is 3.70. The fraction of sp³-hybridized carbons (Fsp3) is 0.833. The van der Waals surface area contributed by atoms with Gasteiger partial charge in [0.15, 0.2) is 4.77 Å². The van der Waals surface area contributed by atoms with E-state index >= 15 is 0 Å². The molecule has 0 aromatic carbocycles. The number of rotatable bonds is 4. The van der Waals surface area contributed by atoms with Crippen molar-refractivity contribution in [3.63, 3.8) is 0 Å². The van der Waals surface area contributed by atoms with Crippen LogP contribution in [0.2, 0.25) is 0 Å². The Hall–Kier alpha value is -0.640. The number of aryl methyl sites for hydroxylation is 1. The van der Waals surface area contributed by atoms with Crippen molar-refractivity contribution in [2.45, 2.75) is 58.4 Å². The lowest BCUT2D eigenvalue weighted by molar-refractivity contribution is 0.476. The average molecular weight is 239 g/mol. The van der Waals surface area contributed by atoms with E-state index in [0.29, 0.717) is 6.04 Å². The van der Waals surface area contributed by atoms with E-state index in [1.54, 1.807) is 0 Å². The van der Waals surface area contributed by atoms with Gasteiger partial charge >= 0.3 is 0 Å². The molecule has 0 radical (unpaired) electrons. The Morgan fingerprint density at radius 2 is 2.12 bits per heavy atom. The van der Waals surface area contributed by atoms with Crippen LogP contribution >= 0.6 is 12.2 Å². The molecule has 2 rings (SSSR count). The van der Waals surface area contributed by atoms with E-state index in [1.807, 2.05) is 0 Å². The van der Waals surface area contributed by atoms with Gasteiger partial charge in [-0.15, -0.1) is 0 Å². The van der Waals surface area contributed by atoms with Gasteiger partial charge in [-0.05, 0) is 37.4 Å². The molecule has 0 saturated heterocycles. The Balaban J connectivity index is 2.15. The van der Waals surface area contributed by atoms with Crippen LogP contribution in [0.4, 0.5) is 0 Å². The molecule has 0 bridgehead atoms. The summed E-state index contributed by atoms with van der Waals surface area (Å²) < 4.78 is 3.08. The highest BCUT2D eigenvalue weighted by Gasteiger charge is 2.20. The van der Waals surface area contributed by atoms with Gasteiger partial charge in [-0.2, -0.15) is 5.10 Å². The third-order valence-electron chi connectivity index (χ3n) is 3.41. The molecule has 1 aromatic heterocycles. The van der Waals surface area contributed by atoms with Crippen molar-refractivity contribution in [2.24, 2.45) is 5.92 Å². The van der Waals surface area contributed by atoms with Crippen LogP contribution in [0, 0.1) is 10.7 Å². The summed E-state index contributed by atoms with van der Waals surface area (Å²) in [5.41, 5.74) is 0. The fourth-order valence-electron chi connectivity index (χ4n) is 2.47. The van der Waals surface area contributed by atoms with E-state index in [0.717, 1.165) is 22.9 Å². The van der Waals surface area contributed by atoms with E-state index in [1.165, 1.54) is 32.1 Å². The second-order valence-electron chi connectivity index (χ2n) is 5.19. The van der Waals surface area contributed by atoms with Gasteiger partial charge in [0.05, 0.1) is 0 Å². The number of nitrogens with zero attached hydrogens (tertiary/aromatic N) is 2. The van der Waals surface area contributed by atoms with Crippen LogP contribution in [-0.4, -0.2) is 14.8 Å². The predicted molar refractivity (Wildman–Crippen MR) is 68.1 cm³/mol. The number of hydrogen-bond donors (Lipinski definition) is 1. The molecule has 4 heteroatoms. The molecule has 1 saturated carbocycles. The number of aromatic nitrogens is 3. The standard InChI is InChI=1S/C12H21N3S/c1-9(2)7-8-11-13-14-12(16)15(11)10-5-3-4-6-10/h9-10H,3-8H2,1-2H3,(H,14,16). The summed E-state index contributed by atoms with van der Waals surface area (Å²) in [4.78, 5) is 0. The molecule has 0 unspecified atom stereocenters. The fourth-order valence-corrected chi connectivity index (χ4v) is 2.77. The maximum Gasteiger partial charge on any atom is 0.195 e. The Labute approximate surface area is 102 Å². The number of H-pyrrole nitrogens is 1. The first-order valence-electron chi connectivity index (χ1n) is 6.34. The van der Waals surface area contributed by atoms with Crippen molar-refractivity contribution in [2.75, 3.05) is 0 Å². The zero-order valence-electron chi connectivity index (χ0n) is 10.2. The molecule has 1 fully saturated rings. The molecular formula is C12H21N3S. The van der Waals surface area contributed by atoms with Crippen LogP contribution in [0.25, 0.3) is 0 Å². The van der Waals surface area contributed by atoms with Gasteiger partial charge in [0.25, 0.3) is 0 Å². The number of aromatic amines is 1. The molecule has 1 heterocycles. The number of nitrogens with one attached hydrogen (secondary N) is 1. The first-order chi connectivity index (χ1) is 7.68. The molecule has 0 aliphatic heterocycles. The molecule has 0 amide bonds. The average Bonchev–Trinajstić information content (AvgIpc) is 2.83. The highest BCUT2D eigenvalue weighted by atomic mass is 32.1. The first kappa shape index (κ1) is 11.8. The predicted octanol–water partition coefficient (Wildman–Crippen LogP) is 3.64. The van der Waals surface area contributed by atoms with Crippen molar-refractivity contribution >= 4 is 12.2 Å². The molecule has 90 valence electrons. The van der Waals surface area contributed by atoms with Crippen molar-refractivity contribution in [3.05, 3.63) is 10.6 Å². The van der Waals surface area contributed by atoms with Crippen LogP contribution in [0.3, 0.4) is 0 Å². The SMILES string of the molecule is CC(C)CCc1n[nH]c(=S)n1C1CCCC1. The lowest BCUT2D eigenvalue weighted by Crippen LogP contribution is -2.10. The second-order valence-corrected chi connectivity index (χ2v) is 5.57. The summed E-state index contributed by atoms with van der Waals surface area (Å²) >= 11 is 5.33. The topological polar surface area (TPSA) is 33.6 Å². The Kier molecular flexibility index (Phi) is 3.79. The van der Waals surface area contributed by atoms with Crippen LogP contribution in [0.5, 0.6) is 0 Å². The maximum absolute atomic E-state index is 5.33. The minimum atomic E-state index is 0.605. The first-order valence-corrected chi connectivity index (χ1v) is 6.75. The van der Waals surface area contributed by atoms with E-state index in [4.69, 9.17) is 12.2 Å². The van der Waals surface area contributed by atoms with E-state index in [9.17, 15) is 0 Å². The molecule has 0 atom stereocenters. The van der Waals surface area contributed by atoms with Gasteiger partial charge in [0, 0.05) is 12.5 Å². The zero-order valence-corrected chi connectivity index (χ0v) is 11.0. The summed E-state index contributed by atoms with van der Waals surface area (Å²) in [5.74, 6) is 1.88. The highest BCUT2D eigenvalue weighted by molar-refractivity contribution is 7.71. The zero-order chi connectivity index (χ0) is 11.5. The highest BCUT2D eigenvalue weighted by Crippen LogP contribution is 2.30. The van der Waals surface area contributed by atoms with Crippen molar-refractivity contribution in [1.82, 2.24) is 14.8 Å². The second kappa shape index (κ2) is 5.13. The monoisotopic (exact) mass is 239 g/mol. The van der Waals surface area contributed by atoms with Gasteiger partial charge < -0.3 is 4.57 Å². The normalized spacial score (nSPS) is 17.4.